The molecule has 0 unspecified atom stereocenters. The van der Waals surface area contributed by atoms with Gasteiger partial charge in [0.1, 0.15) is 0 Å². The molecule has 7 aromatic rings. The Kier molecular flexibility index (Phi) is 9.78. The number of imidazole rings is 1. The fourth-order valence-electron chi connectivity index (χ4n) is 5.97. The van der Waals surface area contributed by atoms with Gasteiger partial charge < -0.3 is 14.0 Å². The number of pyridine rings is 2. The van der Waals surface area contributed by atoms with Gasteiger partial charge in [-0.25, -0.2) is 4.98 Å². The molecule has 4 heterocycles. The minimum atomic E-state index is -1.34. The number of benzene rings is 3. The van der Waals surface area contributed by atoms with Crippen molar-refractivity contribution in [3.8, 4) is 22.6 Å². The Morgan fingerprint density at radius 1 is 0.935 bits per heavy atom. The van der Waals surface area contributed by atoms with E-state index >= 15 is 0 Å². The Morgan fingerprint density at radius 3 is 2.39 bits per heavy atom. The number of fused-ring (bicyclic) bond motifs is 4. The maximum atomic E-state index is 6.15. The van der Waals surface area contributed by atoms with E-state index in [1.54, 1.807) is 0 Å². The van der Waals surface area contributed by atoms with Gasteiger partial charge in [0, 0.05) is 44.4 Å². The van der Waals surface area contributed by atoms with Gasteiger partial charge in [0.15, 0.2) is 0 Å². The molecule has 3 aromatic carbocycles. The molecule has 46 heavy (non-hydrogen) atoms. The van der Waals surface area contributed by atoms with Gasteiger partial charge in [-0.3, -0.25) is 4.98 Å². The molecule has 0 bridgehead atoms. The zero-order valence-corrected chi connectivity index (χ0v) is 31.2. The van der Waals surface area contributed by atoms with E-state index in [1.807, 2.05) is 62.5 Å². The first kappa shape index (κ1) is 33.5. The second-order valence-electron chi connectivity index (χ2n) is 13.3. The number of aryl methyl sites for hydroxylation is 3. The Bertz CT molecular complexity index is 2140. The summed E-state index contributed by atoms with van der Waals surface area (Å²) in [6.45, 7) is 15.8. The van der Waals surface area contributed by atoms with E-state index in [9.17, 15) is 0 Å². The number of hydrogen-bond acceptors (Lipinski definition) is 4. The molecule has 237 valence electrons. The third-order valence-electron chi connectivity index (χ3n) is 8.17. The van der Waals surface area contributed by atoms with E-state index < -0.39 is 8.07 Å². The Morgan fingerprint density at radius 2 is 1.70 bits per heavy atom. The standard InChI is InChI=1S/C21H16N3O.C18H24NSi.Ir/c1-12-8-10-15(20-23-16-6-4-5-7-17(16)24(20)3)19-18(12)14-11-9-13(2)22-21(14)25-19;1-14(2)11-16-12-17(15-9-7-6-8-10-15)19-13-18(16)20(3,4)5;/h4-9,11H,1-3H3;6-9,12-14H,11H2,1-5H3;/q2*-1;. The largest absolute Gasteiger partial charge is 0.486 e. The van der Waals surface area contributed by atoms with E-state index in [-0.39, 0.29) is 20.1 Å². The number of hydrogen-bond donors (Lipinski definition) is 0. The predicted octanol–water partition coefficient (Wildman–Crippen LogP) is 9.24. The van der Waals surface area contributed by atoms with Crippen LogP contribution in [0.15, 0.2) is 83.4 Å². The molecule has 0 aliphatic heterocycles. The first-order chi connectivity index (χ1) is 21.5. The molecule has 0 aliphatic rings. The summed E-state index contributed by atoms with van der Waals surface area (Å²) in [5.74, 6) is 1.52. The van der Waals surface area contributed by atoms with Crippen LogP contribution in [-0.2, 0) is 33.6 Å². The molecular weight excluding hydrogens is 761 g/mol. The molecule has 7 rings (SSSR count). The van der Waals surface area contributed by atoms with Gasteiger partial charge >= 0.3 is 0 Å². The van der Waals surface area contributed by atoms with Gasteiger partial charge in [0.25, 0.3) is 0 Å². The number of nitrogens with zero attached hydrogens (tertiary/aromatic N) is 4. The first-order valence-corrected chi connectivity index (χ1v) is 19.1. The van der Waals surface area contributed by atoms with Crippen molar-refractivity contribution >= 4 is 46.4 Å². The SMILES string of the molecule is CC(C)Cc1cc(-c2[c-]cccc2)ncc1[Si](C)(C)C.Cc1ccc2c(n1)oc1c(-c3nc4ccccc4n3C)[c-]cc(C)c12.[Ir]. The smallest absolute Gasteiger partial charge is 0.216 e. The molecule has 4 aromatic heterocycles. The molecule has 0 aliphatic carbocycles. The second-order valence-corrected chi connectivity index (χ2v) is 18.3. The van der Waals surface area contributed by atoms with E-state index in [0.717, 1.165) is 67.7 Å². The van der Waals surface area contributed by atoms with Crippen LogP contribution in [0.2, 0.25) is 19.6 Å². The topological polar surface area (TPSA) is 56.7 Å². The van der Waals surface area contributed by atoms with Crippen LogP contribution in [0.25, 0.3) is 55.7 Å². The van der Waals surface area contributed by atoms with Crippen molar-refractivity contribution in [2.24, 2.45) is 13.0 Å². The van der Waals surface area contributed by atoms with Crippen LogP contribution in [0.1, 0.15) is 30.7 Å². The zero-order valence-electron chi connectivity index (χ0n) is 27.8. The van der Waals surface area contributed by atoms with Crippen molar-refractivity contribution in [1.29, 1.82) is 0 Å². The average molecular weight is 801 g/mol. The van der Waals surface area contributed by atoms with Crippen LogP contribution in [0.3, 0.4) is 0 Å². The van der Waals surface area contributed by atoms with E-state index in [0.29, 0.717) is 11.6 Å². The summed E-state index contributed by atoms with van der Waals surface area (Å²) < 4.78 is 8.24. The van der Waals surface area contributed by atoms with E-state index in [1.165, 1.54) is 10.8 Å². The fourth-order valence-corrected chi connectivity index (χ4v) is 7.56. The number of aromatic nitrogens is 4. The number of rotatable bonds is 5. The number of para-hydroxylation sites is 2. The average Bonchev–Trinajstić information content (AvgIpc) is 3.55. The van der Waals surface area contributed by atoms with Crippen molar-refractivity contribution in [2.45, 2.75) is 53.8 Å². The summed E-state index contributed by atoms with van der Waals surface area (Å²) in [5.41, 5.74) is 10.1. The Balaban J connectivity index is 0.000000182. The Hall–Kier alpha value is -3.90. The normalized spacial score (nSPS) is 11.6. The first-order valence-electron chi connectivity index (χ1n) is 15.6. The molecule has 0 N–H and O–H groups in total. The van der Waals surface area contributed by atoms with E-state index in [4.69, 9.17) is 9.40 Å². The zero-order chi connectivity index (χ0) is 31.9. The van der Waals surface area contributed by atoms with Crippen LogP contribution >= 0.6 is 0 Å². The maximum Gasteiger partial charge on any atom is 0.216 e. The summed E-state index contributed by atoms with van der Waals surface area (Å²) in [5, 5.41) is 3.61. The van der Waals surface area contributed by atoms with Gasteiger partial charge in [-0.05, 0) is 54.4 Å². The van der Waals surface area contributed by atoms with Gasteiger partial charge in [-0.1, -0.05) is 75.1 Å². The molecule has 0 spiro atoms. The van der Waals surface area contributed by atoms with Gasteiger partial charge in [-0.2, -0.15) is 0 Å². The van der Waals surface area contributed by atoms with Crippen LogP contribution < -0.4 is 5.19 Å². The monoisotopic (exact) mass is 801 g/mol. The van der Waals surface area contributed by atoms with Crippen molar-refractivity contribution in [2.75, 3.05) is 0 Å². The third-order valence-corrected chi connectivity index (χ3v) is 10.2. The predicted molar refractivity (Wildman–Crippen MR) is 190 cm³/mol. The molecule has 0 saturated carbocycles. The molecule has 0 fully saturated rings. The van der Waals surface area contributed by atoms with Gasteiger partial charge in [-0.15, -0.1) is 53.6 Å². The summed E-state index contributed by atoms with van der Waals surface area (Å²) in [7, 11) is 0.682. The fraction of sp³-hybridized carbons (Fsp3) is 0.256. The molecule has 0 amide bonds. The van der Waals surface area contributed by atoms with Crippen molar-refractivity contribution in [3.63, 3.8) is 0 Å². The van der Waals surface area contributed by atoms with Gasteiger partial charge in [0.2, 0.25) is 5.71 Å². The third kappa shape index (κ3) is 6.64. The maximum absolute atomic E-state index is 6.15. The summed E-state index contributed by atoms with van der Waals surface area (Å²) >= 11 is 0. The van der Waals surface area contributed by atoms with Crippen molar-refractivity contribution in [3.05, 3.63) is 108 Å². The van der Waals surface area contributed by atoms with Crippen LogP contribution in [-0.4, -0.2) is 27.6 Å². The van der Waals surface area contributed by atoms with Crippen LogP contribution in [0.5, 0.6) is 0 Å². The summed E-state index contributed by atoms with van der Waals surface area (Å²) in [6.07, 6.45) is 3.24. The second kappa shape index (κ2) is 13.4. The molecule has 5 nitrogen and oxygen atoms in total. The quantitative estimate of drug-likeness (QED) is 0.129. The van der Waals surface area contributed by atoms with E-state index in [2.05, 4.69) is 97.5 Å². The summed E-state index contributed by atoms with van der Waals surface area (Å²) in [6, 6.07) is 31.2. The van der Waals surface area contributed by atoms with Crippen molar-refractivity contribution in [1.82, 2.24) is 19.5 Å². The minimum Gasteiger partial charge on any atom is -0.486 e. The summed E-state index contributed by atoms with van der Waals surface area (Å²) in [4.78, 5) is 14.0. The number of furan rings is 1. The Labute approximate surface area is 286 Å². The molecular formula is C39H40IrN4OSi-2. The molecule has 0 saturated heterocycles. The van der Waals surface area contributed by atoms with Crippen molar-refractivity contribution < 1.29 is 24.5 Å². The van der Waals surface area contributed by atoms with Crippen LogP contribution in [0, 0.1) is 31.9 Å². The van der Waals surface area contributed by atoms with Gasteiger partial charge in [0.05, 0.1) is 30.5 Å². The van der Waals surface area contributed by atoms with Crippen LogP contribution in [0.4, 0.5) is 0 Å². The molecule has 1 radical (unpaired) electrons. The minimum absolute atomic E-state index is 0. The molecule has 7 heteroatoms. The molecule has 0 atom stereocenters.